The van der Waals surface area contributed by atoms with Gasteiger partial charge >= 0.3 is 0 Å². The predicted molar refractivity (Wildman–Crippen MR) is 82.9 cm³/mol. The fourth-order valence-electron chi connectivity index (χ4n) is 3.48. The van der Waals surface area contributed by atoms with E-state index in [-0.39, 0.29) is 36.1 Å². The van der Waals surface area contributed by atoms with Gasteiger partial charge in [0.05, 0.1) is 12.1 Å². The molecule has 2 unspecified atom stereocenters. The number of likely N-dealkylation sites (tertiary alicyclic amines) is 1. The van der Waals surface area contributed by atoms with E-state index >= 15 is 0 Å². The van der Waals surface area contributed by atoms with E-state index < -0.39 is 11.8 Å². The van der Waals surface area contributed by atoms with Crippen molar-refractivity contribution in [3.05, 3.63) is 0 Å². The van der Waals surface area contributed by atoms with Gasteiger partial charge in [-0.3, -0.25) is 14.4 Å². The first-order chi connectivity index (χ1) is 10.4. The van der Waals surface area contributed by atoms with Gasteiger partial charge in [-0.15, -0.1) is 0 Å². The van der Waals surface area contributed by atoms with Crippen LogP contribution in [0.5, 0.6) is 0 Å². The highest BCUT2D eigenvalue weighted by Crippen LogP contribution is 2.25. The predicted octanol–water partition coefficient (Wildman–Crippen LogP) is 0.446. The first kappa shape index (κ1) is 16.9. The smallest absolute Gasteiger partial charge is 0.240 e. The number of hydrogen-bond acceptors (Lipinski definition) is 4. The molecule has 22 heavy (non-hydrogen) atoms. The van der Waals surface area contributed by atoms with Crippen LogP contribution in [0.3, 0.4) is 0 Å². The third kappa shape index (κ3) is 3.66. The topological polar surface area (TPSA) is 92.5 Å². The lowest BCUT2D eigenvalue weighted by atomic mass is 9.88. The van der Waals surface area contributed by atoms with Gasteiger partial charge in [-0.1, -0.05) is 13.8 Å². The van der Waals surface area contributed by atoms with E-state index in [4.69, 9.17) is 5.73 Å². The van der Waals surface area contributed by atoms with Crippen molar-refractivity contribution in [2.45, 2.75) is 58.0 Å². The van der Waals surface area contributed by atoms with Gasteiger partial charge in [-0.05, 0) is 38.1 Å². The molecule has 0 aliphatic carbocycles. The Labute approximate surface area is 131 Å². The van der Waals surface area contributed by atoms with Gasteiger partial charge in [0.2, 0.25) is 11.8 Å². The highest BCUT2D eigenvalue weighted by Gasteiger charge is 2.38. The summed E-state index contributed by atoms with van der Waals surface area (Å²) in [5, 5.41) is 3.19. The molecule has 6 heteroatoms. The van der Waals surface area contributed by atoms with Crippen molar-refractivity contribution in [2.24, 2.45) is 17.6 Å². The fourth-order valence-corrected chi connectivity index (χ4v) is 3.48. The molecule has 0 bridgehead atoms. The minimum atomic E-state index is -0.449. The van der Waals surface area contributed by atoms with Crippen molar-refractivity contribution in [3.63, 3.8) is 0 Å². The van der Waals surface area contributed by atoms with Crippen LogP contribution >= 0.6 is 0 Å². The van der Waals surface area contributed by atoms with Crippen molar-refractivity contribution in [2.75, 3.05) is 13.1 Å². The number of Topliss-reactive ketones (excluding diaryl/α,β-unsaturated/α-hetero) is 1. The molecule has 0 saturated carbocycles. The van der Waals surface area contributed by atoms with Gasteiger partial charge in [0, 0.05) is 18.9 Å². The van der Waals surface area contributed by atoms with Crippen molar-refractivity contribution in [1.29, 1.82) is 0 Å². The summed E-state index contributed by atoms with van der Waals surface area (Å²) in [5.41, 5.74) is 5.40. The van der Waals surface area contributed by atoms with E-state index in [2.05, 4.69) is 5.32 Å². The molecule has 0 aromatic heterocycles. The Bertz CT molecular complexity index is 444. The number of ketones is 1. The molecule has 0 radical (unpaired) electrons. The molecule has 0 spiro atoms. The molecule has 2 aliphatic heterocycles. The summed E-state index contributed by atoms with van der Waals surface area (Å²) in [5.74, 6) is -0.843. The standard InChI is InChI=1S/C16H27N3O3/c1-10(2)11(15(17)21)9-14(20)13-6-4-8-19(13)16(22)12-5-3-7-18-12/h10-13,18H,3-9H2,1-2H3,(H2,17,21)/t11?,12-,13?/m0/s1. The first-order valence-corrected chi connectivity index (χ1v) is 8.27. The number of hydrogen-bond donors (Lipinski definition) is 2. The Kier molecular flexibility index (Phi) is 5.56. The Morgan fingerprint density at radius 1 is 1.23 bits per heavy atom. The lowest BCUT2D eigenvalue weighted by Crippen LogP contribution is -2.49. The average Bonchev–Trinajstić information content (AvgIpc) is 3.13. The molecular weight excluding hydrogens is 282 g/mol. The van der Waals surface area contributed by atoms with Gasteiger partial charge < -0.3 is 16.0 Å². The second kappa shape index (κ2) is 7.22. The quantitative estimate of drug-likeness (QED) is 0.745. The van der Waals surface area contributed by atoms with Crippen LogP contribution < -0.4 is 11.1 Å². The molecule has 124 valence electrons. The molecule has 2 amide bonds. The van der Waals surface area contributed by atoms with Crippen LogP contribution in [0.4, 0.5) is 0 Å². The van der Waals surface area contributed by atoms with Crippen LogP contribution in [0.15, 0.2) is 0 Å². The summed E-state index contributed by atoms with van der Waals surface area (Å²) in [6, 6.07) is -0.527. The first-order valence-electron chi connectivity index (χ1n) is 8.27. The summed E-state index contributed by atoms with van der Waals surface area (Å²) >= 11 is 0. The second-order valence-corrected chi connectivity index (χ2v) is 6.76. The number of carbonyl (C=O) groups is 3. The maximum atomic E-state index is 12.6. The Morgan fingerprint density at radius 2 is 1.95 bits per heavy atom. The molecule has 0 aromatic carbocycles. The van der Waals surface area contributed by atoms with Gasteiger partial charge in [0.1, 0.15) is 0 Å². The lowest BCUT2D eigenvalue weighted by molar-refractivity contribution is -0.140. The van der Waals surface area contributed by atoms with E-state index in [0.717, 1.165) is 25.8 Å². The summed E-state index contributed by atoms with van der Waals surface area (Å²) in [6.07, 6.45) is 3.52. The van der Waals surface area contributed by atoms with Crippen LogP contribution in [-0.2, 0) is 14.4 Å². The Morgan fingerprint density at radius 3 is 2.50 bits per heavy atom. The number of rotatable bonds is 6. The number of nitrogens with zero attached hydrogens (tertiary/aromatic N) is 1. The van der Waals surface area contributed by atoms with Crippen LogP contribution in [-0.4, -0.2) is 47.7 Å². The summed E-state index contributed by atoms with van der Waals surface area (Å²) < 4.78 is 0. The van der Waals surface area contributed by atoms with E-state index in [1.165, 1.54) is 0 Å². The molecule has 2 rings (SSSR count). The maximum Gasteiger partial charge on any atom is 0.240 e. The van der Waals surface area contributed by atoms with Gasteiger partial charge in [0.25, 0.3) is 0 Å². The molecule has 6 nitrogen and oxygen atoms in total. The Hall–Kier alpha value is -1.43. The van der Waals surface area contributed by atoms with E-state index in [9.17, 15) is 14.4 Å². The SMILES string of the molecule is CC(C)C(CC(=O)C1CCCN1C(=O)[C@@H]1CCCN1)C(N)=O. The number of carbonyl (C=O) groups excluding carboxylic acids is 3. The molecule has 3 N–H and O–H groups in total. The summed E-state index contributed by atoms with van der Waals surface area (Å²) in [7, 11) is 0. The molecule has 0 aromatic rings. The van der Waals surface area contributed by atoms with Crippen LogP contribution in [0, 0.1) is 11.8 Å². The number of amides is 2. The molecule has 2 aliphatic rings. The second-order valence-electron chi connectivity index (χ2n) is 6.76. The van der Waals surface area contributed by atoms with Crippen molar-refractivity contribution in [1.82, 2.24) is 10.2 Å². The molecule has 2 saturated heterocycles. The minimum absolute atomic E-state index is 0.0265. The monoisotopic (exact) mass is 309 g/mol. The lowest BCUT2D eigenvalue weighted by Gasteiger charge is -2.28. The zero-order chi connectivity index (χ0) is 16.3. The number of nitrogens with one attached hydrogen (secondary N) is 1. The van der Waals surface area contributed by atoms with Crippen molar-refractivity contribution < 1.29 is 14.4 Å². The number of primary amides is 1. The van der Waals surface area contributed by atoms with Crippen LogP contribution in [0.2, 0.25) is 0 Å². The van der Waals surface area contributed by atoms with E-state index in [1.807, 2.05) is 13.8 Å². The van der Waals surface area contributed by atoms with Gasteiger partial charge in [0.15, 0.2) is 5.78 Å². The van der Waals surface area contributed by atoms with Crippen LogP contribution in [0.1, 0.15) is 46.0 Å². The molecular formula is C16H27N3O3. The zero-order valence-electron chi connectivity index (χ0n) is 13.5. The van der Waals surface area contributed by atoms with Gasteiger partial charge in [-0.25, -0.2) is 0 Å². The normalized spacial score (nSPS) is 26.4. The molecule has 2 heterocycles. The highest BCUT2D eigenvalue weighted by molar-refractivity contribution is 5.93. The summed E-state index contributed by atoms with van der Waals surface area (Å²) in [6.45, 7) is 5.28. The van der Waals surface area contributed by atoms with Crippen molar-refractivity contribution >= 4 is 17.6 Å². The van der Waals surface area contributed by atoms with E-state index in [1.54, 1.807) is 4.90 Å². The summed E-state index contributed by atoms with van der Waals surface area (Å²) in [4.78, 5) is 38.3. The Balaban J connectivity index is 2.01. The minimum Gasteiger partial charge on any atom is -0.369 e. The molecule has 2 fully saturated rings. The van der Waals surface area contributed by atoms with Crippen molar-refractivity contribution in [3.8, 4) is 0 Å². The highest BCUT2D eigenvalue weighted by atomic mass is 16.2. The largest absolute Gasteiger partial charge is 0.369 e. The zero-order valence-corrected chi connectivity index (χ0v) is 13.5. The molecule has 3 atom stereocenters. The number of nitrogens with two attached hydrogens (primary N) is 1. The third-order valence-corrected chi connectivity index (χ3v) is 4.86. The average molecular weight is 309 g/mol. The maximum absolute atomic E-state index is 12.6. The van der Waals surface area contributed by atoms with Crippen LogP contribution in [0.25, 0.3) is 0 Å². The van der Waals surface area contributed by atoms with Gasteiger partial charge in [-0.2, -0.15) is 0 Å². The fraction of sp³-hybridized carbons (Fsp3) is 0.812. The third-order valence-electron chi connectivity index (χ3n) is 4.86. The van der Waals surface area contributed by atoms with E-state index in [0.29, 0.717) is 13.0 Å².